The number of benzene rings is 2. The number of carbonyl (C=O) groups excluding carboxylic acids is 1. The van der Waals surface area contributed by atoms with Gasteiger partial charge in [0.2, 0.25) is 11.1 Å². The fourth-order valence-electron chi connectivity index (χ4n) is 2.82. The molecule has 0 N–H and O–H groups in total. The molecule has 32 heavy (non-hydrogen) atoms. The number of thioether (sulfide) groups is 1. The lowest BCUT2D eigenvalue weighted by atomic mass is 10.2. The molecule has 0 atom stereocenters. The Balaban J connectivity index is 1.58. The topological polar surface area (TPSA) is 64.5 Å². The highest BCUT2D eigenvalue weighted by Gasteiger charge is 2.33. The Morgan fingerprint density at radius 3 is 2.78 bits per heavy atom. The summed E-state index contributed by atoms with van der Waals surface area (Å²) < 4.78 is 24.8. The van der Waals surface area contributed by atoms with Gasteiger partial charge in [-0.2, -0.15) is 9.37 Å². The van der Waals surface area contributed by atoms with Crippen molar-refractivity contribution < 1.29 is 18.7 Å². The summed E-state index contributed by atoms with van der Waals surface area (Å²) in [6, 6.07) is 11.7. The molecule has 3 aromatic rings. The van der Waals surface area contributed by atoms with Gasteiger partial charge in [0, 0.05) is 0 Å². The Bertz CT molecular complexity index is 1270. The van der Waals surface area contributed by atoms with E-state index in [2.05, 4.69) is 9.97 Å². The van der Waals surface area contributed by atoms with Gasteiger partial charge in [0.25, 0.3) is 11.8 Å². The molecule has 2 heterocycles. The lowest BCUT2D eigenvalue weighted by Crippen LogP contribution is -2.27. The summed E-state index contributed by atoms with van der Waals surface area (Å²) >= 11 is 18.4. The van der Waals surface area contributed by atoms with Crippen LogP contribution in [0.3, 0.4) is 0 Å². The van der Waals surface area contributed by atoms with Crippen molar-refractivity contribution in [3.05, 3.63) is 75.3 Å². The number of aromatic nitrogens is 2. The second-order valence-electron chi connectivity index (χ2n) is 6.30. The average Bonchev–Trinajstić information content (AvgIpc) is 3.04. The smallest absolute Gasteiger partial charge is 0.270 e. The molecule has 0 saturated carbocycles. The third kappa shape index (κ3) is 4.71. The molecular weight excluding hydrogens is 496 g/mol. The van der Waals surface area contributed by atoms with Gasteiger partial charge in [0.1, 0.15) is 11.5 Å². The number of halogens is 3. The van der Waals surface area contributed by atoms with E-state index in [1.807, 2.05) is 0 Å². The zero-order valence-corrected chi connectivity index (χ0v) is 19.4. The first kappa shape index (κ1) is 22.5. The number of carbonyl (C=O) groups is 1. The monoisotopic (exact) mass is 507 g/mol. The fraction of sp³-hybridized carbons (Fsp3) is 0.0476. The molecule has 1 aliphatic rings. The highest BCUT2D eigenvalue weighted by atomic mass is 35.5. The number of hydrogen-bond acceptors (Lipinski definition) is 7. The molecule has 6 nitrogen and oxygen atoms in total. The van der Waals surface area contributed by atoms with E-state index in [4.69, 9.17) is 44.9 Å². The molecule has 1 aliphatic heterocycles. The van der Waals surface area contributed by atoms with Gasteiger partial charge in [-0.25, -0.2) is 4.98 Å². The summed E-state index contributed by atoms with van der Waals surface area (Å²) in [6.07, 6.45) is 2.59. The Morgan fingerprint density at radius 1 is 1.22 bits per heavy atom. The van der Waals surface area contributed by atoms with Crippen molar-refractivity contribution in [3.8, 4) is 17.4 Å². The van der Waals surface area contributed by atoms with E-state index in [0.717, 1.165) is 18.0 Å². The van der Waals surface area contributed by atoms with Crippen LogP contribution in [0.15, 0.2) is 53.6 Å². The van der Waals surface area contributed by atoms with Crippen molar-refractivity contribution >= 4 is 69.2 Å². The van der Waals surface area contributed by atoms with Crippen LogP contribution in [0.25, 0.3) is 6.08 Å². The van der Waals surface area contributed by atoms with E-state index < -0.39 is 5.82 Å². The van der Waals surface area contributed by atoms with Crippen LogP contribution < -0.4 is 14.4 Å². The maximum atomic E-state index is 13.9. The first-order valence-corrected chi connectivity index (χ1v) is 10.9. The predicted octanol–water partition coefficient (Wildman–Crippen LogP) is 6.13. The normalized spacial score (nSPS) is 14.9. The maximum absolute atomic E-state index is 13.9. The zero-order valence-electron chi connectivity index (χ0n) is 16.2. The summed E-state index contributed by atoms with van der Waals surface area (Å²) in [5.74, 6) is -0.538. The number of amides is 1. The number of methoxy groups -OCH3 is 1. The number of anilines is 1. The molecule has 0 spiro atoms. The summed E-state index contributed by atoms with van der Waals surface area (Å²) in [4.78, 5) is 22.1. The zero-order chi connectivity index (χ0) is 22.8. The molecule has 0 bridgehead atoms. The third-order valence-electron chi connectivity index (χ3n) is 4.24. The van der Waals surface area contributed by atoms with Crippen LogP contribution in [-0.4, -0.2) is 27.3 Å². The standard InChI is InChI=1S/C21H12Cl2FN3O3S2/c1-29-16-6-5-12(9-14(16)22)27-19(28)17(32-21(27)31)8-11-3-2-4-13(7-11)30-18-15(24)10-25-20(23)26-18/h2-10H,1H3/b17-8+. The molecular formula is C21H12Cl2FN3O3S2. The minimum absolute atomic E-state index is 0.139. The van der Waals surface area contributed by atoms with Gasteiger partial charge >= 0.3 is 0 Å². The number of thiocarbonyl (C=S) groups is 1. The van der Waals surface area contributed by atoms with E-state index in [0.29, 0.717) is 37.0 Å². The SMILES string of the molecule is COc1ccc(N2C(=O)/C(=C\c3cccc(Oc4nc(Cl)ncc4F)c3)SC2=S)cc1Cl. The molecule has 1 aromatic heterocycles. The first-order chi connectivity index (χ1) is 15.4. The molecule has 2 aromatic carbocycles. The summed E-state index contributed by atoms with van der Waals surface area (Å²) in [6.45, 7) is 0. The number of hydrogen-bond donors (Lipinski definition) is 0. The number of rotatable bonds is 5. The van der Waals surface area contributed by atoms with Gasteiger partial charge in [-0.3, -0.25) is 9.69 Å². The second kappa shape index (κ2) is 9.41. The highest BCUT2D eigenvalue weighted by molar-refractivity contribution is 8.27. The molecule has 4 rings (SSSR count). The van der Waals surface area contributed by atoms with E-state index in [1.54, 1.807) is 48.5 Å². The summed E-state index contributed by atoms with van der Waals surface area (Å²) in [7, 11) is 1.51. The van der Waals surface area contributed by atoms with Crippen LogP contribution in [0, 0.1) is 5.82 Å². The van der Waals surface area contributed by atoms with Gasteiger partial charge in [-0.05, 0) is 53.6 Å². The van der Waals surface area contributed by atoms with Gasteiger partial charge in [-0.15, -0.1) is 0 Å². The average molecular weight is 508 g/mol. The minimum atomic E-state index is -0.751. The van der Waals surface area contributed by atoms with Gasteiger partial charge < -0.3 is 9.47 Å². The van der Waals surface area contributed by atoms with Crippen molar-refractivity contribution in [1.29, 1.82) is 0 Å². The molecule has 1 fully saturated rings. The lowest BCUT2D eigenvalue weighted by molar-refractivity contribution is -0.113. The minimum Gasteiger partial charge on any atom is -0.495 e. The van der Waals surface area contributed by atoms with Crippen LogP contribution >= 0.6 is 47.2 Å². The van der Waals surface area contributed by atoms with Crippen molar-refractivity contribution in [1.82, 2.24) is 9.97 Å². The van der Waals surface area contributed by atoms with Crippen LogP contribution in [0.4, 0.5) is 10.1 Å². The molecule has 0 radical (unpaired) electrons. The molecule has 1 amide bonds. The number of ether oxygens (including phenoxy) is 2. The third-order valence-corrected chi connectivity index (χ3v) is 6.02. The second-order valence-corrected chi connectivity index (χ2v) is 8.72. The van der Waals surface area contributed by atoms with E-state index in [-0.39, 0.29) is 17.1 Å². The molecule has 0 unspecified atom stereocenters. The van der Waals surface area contributed by atoms with Gasteiger partial charge in [0.15, 0.2) is 4.32 Å². The van der Waals surface area contributed by atoms with Crippen LogP contribution in [-0.2, 0) is 4.79 Å². The fourth-order valence-corrected chi connectivity index (χ4v) is 4.49. The predicted molar refractivity (Wildman–Crippen MR) is 127 cm³/mol. The highest BCUT2D eigenvalue weighted by Crippen LogP contribution is 2.38. The molecule has 11 heteroatoms. The molecule has 0 aliphatic carbocycles. The Kier molecular flexibility index (Phi) is 6.61. The van der Waals surface area contributed by atoms with Crippen LogP contribution in [0.1, 0.15) is 5.56 Å². The van der Waals surface area contributed by atoms with Crippen molar-refractivity contribution in [3.63, 3.8) is 0 Å². The largest absolute Gasteiger partial charge is 0.495 e. The van der Waals surface area contributed by atoms with Crippen molar-refractivity contribution in [2.24, 2.45) is 0 Å². The van der Waals surface area contributed by atoms with Crippen LogP contribution in [0.2, 0.25) is 10.3 Å². The number of nitrogens with zero attached hydrogens (tertiary/aromatic N) is 3. The van der Waals surface area contributed by atoms with Gasteiger partial charge in [0.05, 0.1) is 28.9 Å². The van der Waals surface area contributed by atoms with E-state index in [9.17, 15) is 9.18 Å². The lowest BCUT2D eigenvalue weighted by Gasteiger charge is -2.15. The molecule has 1 saturated heterocycles. The van der Waals surface area contributed by atoms with E-state index in [1.165, 1.54) is 12.0 Å². The van der Waals surface area contributed by atoms with Crippen molar-refractivity contribution in [2.45, 2.75) is 0 Å². The van der Waals surface area contributed by atoms with Crippen LogP contribution in [0.5, 0.6) is 17.4 Å². The summed E-state index contributed by atoms with van der Waals surface area (Å²) in [5, 5.41) is 0.227. The molecule has 162 valence electrons. The quantitative estimate of drug-likeness (QED) is 0.233. The maximum Gasteiger partial charge on any atom is 0.270 e. The summed E-state index contributed by atoms with van der Waals surface area (Å²) in [5.41, 5.74) is 1.19. The Morgan fingerprint density at radius 2 is 2.03 bits per heavy atom. The van der Waals surface area contributed by atoms with Gasteiger partial charge in [-0.1, -0.05) is 47.7 Å². The Hall–Kier alpha value is -2.72. The van der Waals surface area contributed by atoms with Crippen molar-refractivity contribution in [2.75, 3.05) is 12.0 Å². The van der Waals surface area contributed by atoms with E-state index >= 15 is 0 Å². The Labute approximate surface area is 202 Å². The first-order valence-electron chi connectivity index (χ1n) is 8.93.